The maximum Gasteiger partial charge on any atom is 0.236 e. The molecule has 2 fully saturated rings. The highest BCUT2D eigenvalue weighted by Crippen LogP contribution is 2.19. The molecule has 2 heterocycles. The zero-order chi connectivity index (χ0) is 12.1. The summed E-state index contributed by atoms with van der Waals surface area (Å²) in [5, 5.41) is 0. The second-order valence-electron chi connectivity index (χ2n) is 5.41. The molecule has 0 spiro atoms. The van der Waals surface area contributed by atoms with Gasteiger partial charge in [0, 0.05) is 19.6 Å². The Kier molecular flexibility index (Phi) is 4.80. The minimum absolute atomic E-state index is 0.332. The molecule has 0 saturated carbocycles. The second kappa shape index (κ2) is 6.36. The Bertz CT molecular complexity index is 251. The number of hydrogen-bond donors (Lipinski definition) is 1. The van der Waals surface area contributed by atoms with Gasteiger partial charge in [-0.3, -0.25) is 9.69 Å². The van der Waals surface area contributed by atoms with Crippen molar-refractivity contribution in [2.24, 2.45) is 11.7 Å². The molecule has 1 amide bonds. The van der Waals surface area contributed by atoms with E-state index in [2.05, 4.69) is 4.90 Å². The minimum atomic E-state index is 0.332. The van der Waals surface area contributed by atoms with E-state index in [1.54, 1.807) is 0 Å². The van der Waals surface area contributed by atoms with Gasteiger partial charge in [-0.05, 0) is 51.1 Å². The molecule has 4 heteroatoms. The Morgan fingerprint density at radius 3 is 2.65 bits per heavy atom. The Balaban J connectivity index is 1.71. The predicted molar refractivity (Wildman–Crippen MR) is 68.6 cm³/mol. The molecule has 0 aliphatic carbocycles. The van der Waals surface area contributed by atoms with Crippen LogP contribution in [0.15, 0.2) is 0 Å². The topological polar surface area (TPSA) is 49.6 Å². The van der Waals surface area contributed by atoms with E-state index in [-0.39, 0.29) is 0 Å². The third kappa shape index (κ3) is 3.68. The van der Waals surface area contributed by atoms with E-state index in [9.17, 15) is 4.79 Å². The van der Waals surface area contributed by atoms with Crippen LogP contribution in [0.4, 0.5) is 0 Å². The van der Waals surface area contributed by atoms with Gasteiger partial charge in [-0.15, -0.1) is 0 Å². The van der Waals surface area contributed by atoms with Gasteiger partial charge >= 0.3 is 0 Å². The molecule has 2 rings (SSSR count). The molecule has 1 unspecified atom stereocenters. The molecule has 0 bridgehead atoms. The van der Waals surface area contributed by atoms with Gasteiger partial charge in [0.2, 0.25) is 5.91 Å². The van der Waals surface area contributed by atoms with Crippen LogP contribution in [0.1, 0.15) is 32.1 Å². The molecule has 1 atom stereocenters. The molecule has 0 radical (unpaired) electrons. The van der Waals surface area contributed by atoms with Gasteiger partial charge < -0.3 is 10.6 Å². The van der Waals surface area contributed by atoms with Crippen molar-refractivity contribution in [3.05, 3.63) is 0 Å². The second-order valence-corrected chi connectivity index (χ2v) is 5.41. The van der Waals surface area contributed by atoms with Crippen LogP contribution in [-0.4, -0.2) is 55.0 Å². The molecular weight excluding hydrogens is 214 g/mol. The van der Waals surface area contributed by atoms with Gasteiger partial charge in [0.05, 0.1) is 6.54 Å². The Morgan fingerprint density at radius 1 is 1.18 bits per heavy atom. The maximum absolute atomic E-state index is 12.1. The van der Waals surface area contributed by atoms with Crippen molar-refractivity contribution in [3.63, 3.8) is 0 Å². The predicted octanol–water partition coefficient (Wildman–Crippen LogP) is 0.670. The normalized spacial score (nSPS) is 26.4. The smallest absolute Gasteiger partial charge is 0.236 e. The van der Waals surface area contributed by atoms with Crippen molar-refractivity contribution in [2.45, 2.75) is 32.1 Å². The fraction of sp³-hybridized carbons (Fsp3) is 0.923. The van der Waals surface area contributed by atoms with Gasteiger partial charge in [0.15, 0.2) is 0 Å². The fourth-order valence-electron chi connectivity index (χ4n) is 2.96. The minimum Gasteiger partial charge on any atom is -0.342 e. The quantitative estimate of drug-likeness (QED) is 0.784. The van der Waals surface area contributed by atoms with Crippen LogP contribution in [0.2, 0.25) is 0 Å². The number of hydrogen-bond acceptors (Lipinski definition) is 3. The first-order valence-corrected chi connectivity index (χ1v) is 7.00. The van der Waals surface area contributed by atoms with E-state index in [1.807, 2.05) is 4.90 Å². The van der Waals surface area contributed by atoms with E-state index in [0.717, 1.165) is 39.1 Å². The molecular formula is C13H25N3O. The van der Waals surface area contributed by atoms with Crippen molar-refractivity contribution in [1.29, 1.82) is 0 Å². The summed E-state index contributed by atoms with van der Waals surface area (Å²) in [5.41, 5.74) is 5.58. The van der Waals surface area contributed by atoms with E-state index in [1.165, 1.54) is 25.7 Å². The number of nitrogens with zero attached hydrogens (tertiary/aromatic N) is 2. The van der Waals surface area contributed by atoms with Crippen LogP contribution < -0.4 is 5.73 Å². The molecule has 0 aromatic heterocycles. The van der Waals surface area contributed by atoms with Crippen LogP contribution in [0, 0.1) is 5.92 Å². The first kappa shape index (κ1) is 12.8. The van der Waals surface area contributed by atoms with Crippen LogP contribution >= 0.6 is 0 Å². The SMILES string of the molecule is NCCC1CCN(CC(=O)N2CCCCC2)C1. The lowest BCUT2D eigenvalue weighted by Crippen LogP contribution is -2.42. The number of carbonyl (C=O) groups excluding carboxylic acids is 1. The molecule has 4 nitrogen and oxygen atoms in total. The number of rotatable bonds is 4. The van der Waals surface area contributed by atoms with E-state index < -0.39 is 0 Å². The number of amides is 1. The summed E-state index contributed by atoms with van der Waals surface area (Å²) < 4.78 is 0. The molecule has 2 N–H and O–H groups in total. The number of nitrogens with two attached hydrogens (primary N) is 1. The summed E-state index contributed by atoms with van der Waals surface area (Å²) in [6.07, 6.45) is 5.97. The average Bonchev–Trinajstić information content (AvgIpc) is 2.78. The van der Waals surface area contributed by atoms with Crippen molar-refractivity contribution in [1.82, 2.24) is 9.80 Å². The lowest BCUT2D eigenvalue weighted by molar-refractivity contribution is -0.133. The van der Waals surface area contributed by atoms with Crippen LogP contribution in [0.3, 0.4) is 0 Å². The average molecular weight is 239 g/mol. The molecule has 17 heavy (non-hydrogen) atoms. The highest BCUT2D eigenvalue weighted by atomic mass is 16.2. The van der Waals surface area contributed by atoms with E-state index in [0.29, 0.717) is 18.4 Å². The van der Waals surface area contributed by atoms with Gasteiger partial charge in [-0.2, -0.15) is 0 Å². The summed E-state index contributed by atoms with van der Waals surface area (Å²) in [4.78, 5) is 16.4. The lowest BCUT2D eigenvalue weighted by Gasteiger charge is -2.28. The van der Waals surface area contributed by atoms with Crippen LogP contribution in [0.25, 0.3) is 0 Å². The Labute approximate surface area is 104 Å². The van der Waals surface area contributed by atoms with Gasteiger partial charge in [-0.25, -0.2) is 0 Å². The molecule has 2 saturated heterocycles. The van der Waals surface area contributed by atoms with Gasteiger partial charge in [0.1, 0.15) is 0 Å². The highest BCUT2D eigenvalue weighted by molar-refractivity contribution is 5.78. The van der Waals surface area contributed by atoms with E-state index in [4.69, 9.17) is 5.73 Å². The molecule has 98 valence electrons. The monoisotopic (exact) mass is 239 g/mol. The summed E-state index contributed by atoms with van der Waals surface area (Å²) in [6.45, 7) is 5.48. The summed E-state index contributed by atoms with van der Waals surface area (Å²) in [5.74, 6) is 1.05. The standard InChI is InChI=1S/C13H25N3O/c14-6-4-12-5-9-15(10-12)11-13(17)16-7-2-1-3-8-16/h12H,1-11,14H2. The van der Waals surface area contributed by atoms with Crippen molar-refractivity contribution >= 4 is 5.91 Å². The largest absolute Gasteiger partial charge is 0.342 e. The zero-order valence-electron chi connectivity index (χ0n) is 10.7. The van der Waals surface area contributed by atoms with Crippen molar-refractivity contribution in [2.75, 3.05) is 39.3 Å². The first-order chi connectivity index (χ1) is 8.29. The van der Waals surface area contributed by atoms with E-state index >= 15 is 0 Å². The number of piperidine rings is 1. The van der Waals surface area contributed by atoms with Crippen molar-refractivity contribution in [3.8, 4) is 0 Å². The van der Waals surface area contributed by atoms with Crippen molar-refractivity contribution < 1.29 is 4.79 Å². The van der Waals surface area contributed by atoms with Gasteiger partial charge in [0.25, 0.3) is 0 Å². The Morgan fingerprint density at radius 2 is 1.94 bits per heavy atom. The fourth-order valence-corrected chi connectivity index (χ4v) is 2.96. The molecule has 2 aliphatic rings. The van der Waals surface area contributed by atoms with Crippen LogP contribution in [0.5, 0.6) is 0 Å². The number of likely N-dealkylation sites (tertiary alicyclic amines) is 2. The third-order valence-electron chi connectivity index (χ3n) is 4.01. The number of carbonyl (C=O) groups is 1. The Hall–Kier alpha value is -0.610. The van der Waals surface area contributed by atoms with Gasteiger partial charge in [-0.1, -0.05) is 0 Å². The maximum atomic E-state index is 12.1. The summed E-state index contributed by atoms with van der Waals surface area (Å²) in [6, 6.07) is 0. The summed E-state index contributed by atoms with van der Waals surface area (Å²) in [7, 11) is 0. The lowest BCUT2D eigenvalue weighted by atomic mass is 10.1. The molecule has 0 aromatic rings. The zero-order valence-corrected chi connectivity index (χ0v) is 10.7. The van der Waals surface area contributed by atoms with Crippen LogP contribution in [-0.2, 0) is 4.79 Å². The highest BCUT2D eigenvalue weighted by Gasteiger charge is 2.25. The molecule has 2 aliphatic heterocycles. The first-order valence-electron chi connectivity index (χ1n) is 7.00. The molecule has 0 aromatic carbocycles. The summed E-state index contributed by atoms with van der Waals surface area (Å²) >= 11 is 0. The third-order valence-corrected chi connectivity index (χ3v) is 4.01.